The van der Waals surface area contributed by atoms with E-state index < -0.39 is 12.1 Å². The molecule has 1 aromatic carbocycles. The number of carbonyl (C=O) groups excluding carboxylic acids is 2. The second kappa shape index (κ2) is 8.45. The molecule has 0 spiro atoms. The zero-order chi connectivity index (χ0) is 17.6. The van der Waals surface area contributed by atoms with Crippen LogP contribution in [0.15, 0.2) is 30.3 Å². The van der Waals surface area contributed by atoms with Gasteiger partial charge in [-0.15, -0.1) is 0 Å². The Hall–Kier alpha value is -1.92. The van der Waals surface area contributed by atoms with Crippen molar-refractivity contribution in [1.29, 1.82) is 0 Å². The molecule has 0 aliphatic carbocycles. The van der Waals surface area contributed by atoms with Crippen LogP contribution in [-0.4, -0.2) is 54.6 Å². The molecule has 0 bridgehead atoms. The number of benzene rings is 1. The molecule has 2 saturated heterocycles. The lowest BCUT2D eigenvalue weighted by Crippen LogP contribution is -2.51. The summed E-state index contributed by atoms with van der Waals surface area (Å²) in [6, 6.07) is 9.24. The number of nitrogens with one attached hydrogen (secondary N) is 1. The summed E-state index contributed by atoms with van der Waals surface area (Å²) in [5.74, 6) is -0.201. The van der Waals surface area contributed by atoms with Gasteiger partial charge in [-0.05, 0) is 31.2 Å². The lowest BCUT2D eigenvalue weighted by Gasteiger charge is -2.25. The van der Waals surface area contributed by atoms with E-state index in [2.05, 4.69) is 5.32 Å². The third kappa shape index (κ3) is 4.58. The highest BCUT2D eigenvalue weighted by Gasteiger charge is 2.34. The molecule has 1 unspecified atom stereocenters. The first-order valence-electron chi connectivity index (χ1n) is 9.16. The van der Waals surface area contributed by atoms with Gasteiger partial charge in [-0.25, -0.2) is 0 Å². The van der Waals surface area contributed by atoms with E-state index >= 15 is 0 Å². The molecule has 0 radical (unpaired) electrons. The van der Waals surface area contributed by atoms with Crippen molar-refractivity contribution in [3.05, 3.63) is 35.9 Å². The van der Waals surface area contributed by atoms with E-state index in [1.807, 2.05) is 35.2 Å². The Kier molecular flexibility index (Phi) is 6.04. The molecule has 3 N–H and O–H groups in total. The predicted octanol–water partition coefficient (Wildman–Crippen LogP) is 0.843. The summed E-state index contributed by atoms with van der Waals surface area (Å²) < 4.78 is 5.67. The summed E-state index contributed by atoms with van der Waals surface area (Å²) in [7, 11) is 0. The predicted molar refractivity (Wildman–Crippen MR) is 94.8 cm³/mol. The van der Waals surface area contributed by atoms with Gasteiger partial charge in [0, 0.05) is 26.1 Å². The van der Waals surface area contributed by atoms with E-state index in [1.165, 1.54) is 0 Å². The van der Waals surface area contributed by atoms with Gasteiger partial charge in [-0.3, -0.25) is 9.59 Å². The SMILES string of the molecule is NC[C@H]1CC[C@@H](C(=O)NC(Cc2ccccc2)C(=O)N2CCCC2)O1. The third-order valence-electron chi connectivity index (χ3n) is 4.98. The summed E-state index contributed by atoms with van der Waals surface area (Å²) in [5.41, 5.74) is 6.65. The Balaban J connectivity index is 1.67. The van der Waals surface area contributed by atoms with E-state index in [0.29, 0.717) is 19.4 Å². The molecule has 0 aromatic heterocycles. The minimum absolute atomic E-state index is 0.00285. The molecule has 0 saturated carbocycles. The third-order valence-corrected chi connectivity index (χ3v) is 4.98. The van der Waals surface area contributed by atoms with Crippen molar-refractivity contribution in [2.45, 2.75) is 50.4 Å². The van der Waals surface area contributed by atoms with Crippen molar-refractivity contribution in [2.24, 2.45) is 5.73 Å². The number of nitrogens with zero attached hydrogens (tertiary/aromatic N) is 1. The van der Waals surface area contributed by atoms with Gasteiger partial charge in [0.1, 0.15) is 12.1 Å². The van der Waals surface area contributed by atoms with Crippen LogP contribution in [0.4, 0.5) is 0 Å². The van der Waals surface area contributed by atoms with E-state index in [-0.39, 0.29) is 17.9 Å². The number of ether oxygens (including phenoxy) is 1. The molecule has 1 aromatic rings. The average Bonchev–Trinajstić information content (AvgIpc) is 3.33. The van der Waals surface area contributed by atoms with Crippen LogP contribution in [-0.2, 0) is 20.7 Å². The molecule has 2 fully saturated rings. The molecular weight excluding hydrogens is 318 g/mol. The van der Waals surface area contributed by atoms with Crippen molar-refractivity contribution in [2.75, 3.05) is 19.6 Å². The van der Waals surface area contributed by atoms with E-state index in [9.17, 15) is 9.59 Å². The minimum Gasteiger partial charge on any atom is -0.364 e. The zero-order valence-electron chi connectivity index (χ0n) is 14.5. The number of amides is 2. The number of carbonyl (C=O) groups is 2. The van der Waals surface area contributed by atoms with Crippen LogP contribution >= 0.6 is 0 Å². The fourth-order valence-electron chi connectivity index (χ4n) is 3.54. The summed E-state index contributed by atoms with van der Waals surface area (Å²) >= 11 is 0. The van der Waals surface area contributed by atoms with Gasteiger partial charge in [-0.2, -0.15) is 0 Å². The smallest absolute Gasteiger partial charge is 0.249 e. The van der Waals surface area contributed by atoms with Crippen molar-refractivity contribution in [1.82, 2.24) is 10.2 Å². The fourth-order valence-corrected chi connectivity index (χ4v) is 3.54. The highest BCUT2D eigenvalue weighted by atomic mass is 16.5. The molecule has 6 heteroatoms. The van der Waals surface area contributed by atoms with Crippen LogP contribution in [0.2, 0.25) is 0 Å². The normalized spacial score (nSPS) is 24.3. The van der Waals surface area contributed by atoms with Crippen molar-refractivity contribution < 1.29 is 14.3 Å². The highest BCUT2D eigenvalue weighted by molar-refractivity contribution is 5.89. The summed E-state index contributed by atoms with van der Waals surface area (Å²) in [6.07, 6.45) is 3.44. The first kappa shape index (κ1) is 17.9. The zero-order valence-corrected chi connectivity index (χ0v) is 14.5. The first-order valence-corrected chi connectivity index (χ1v) is 9.16. The Morgan fingerprint density at radius 1 is 1.20 bits per heavy atom. The van der Waals surface area contributed by atoms with Gasteiger partial charge >= 0.3 is 0 Å². The highest BCUT2D eigenvalue weighted by Crippen LogP contribution is 2.20. The van der Waals surface area contributed by atoms with Crippen LogP contribution in [0.1, 0.15) is 31.2 Å². The van der Waals surface area contributed by atoms with Crippen molar-refractivity contribution >= 4 is 11.8 Å². The molecule has 2 heterocycles. The van der Waals surface area contributed by atoms with Gasteiger partial charge < -0.3 is 20.7 Å². The average molecular weight is 345 g/mol. The molecule has 2 aliphatic heterocycles. The van der Waals surface area contributed by atoms with Crippen LogP contribution in [0.25, 0.3) is 0 Å². The maximum absolute atomic E-state index is 12.9. The van der Waals surface area contributed by atoms with Gasteiger partial charge in [-0.1, -0.05) is 30.3 Å². The van der Waals surface area contributed by atoms with Gasteiger partial charge in [0.25, 0.3) is 0 Å². The lowest BCUT2D eigenvalue weighted by atomic mass is 10.0. The monoisotopic (exact) mass is 345 g/mol. The quantitative estimate of drug-likeness (QED) is 0.800. The summed E-state index contributed by atoms with van der Waals surface area (Å²) in [4.78, 5) is 27.3. The standard InChI is InChI=1S/C19H27N3O3/c20-13-15-8-9-17(25-15)18(23)21-16(12-14-6-2-1-3-7-14)19(24)22-10-4-5-11-22/h1-3,6-7,15-17H,4-5,8-13,20H2,(H,21,23)/t15-,16?,17+/m1/s1. The fraction of sp³-hybridized carbons (Fsp3) is 0.579. The van der Waals surface area contributed by atoms with Gasteiger partial charge in [0.05, 0.1) is 6.10 Å². The number of hydrogen-bond donors (Lipinski definition) is 2. The van der Waals surface area contributed by atoms with Crippen molar-refractivity contribution in [3.8, 4) is 0 Å². The Morgan fingerprint density at radius 3 is 2.56 bits per heavy atom. The van der Waals surface area contributed by atoms with Gasteiger partial charge in [0.15, 0.2) is 0 Å². The molecular formula is C19H27N3O3. The Labute approximate surface area is 148 Å². The van der Waals surface area contributed by atoms with Gasteiger partial charge in [0.2, 0.25) is 11.8 Å². The molecule has 136 valence electrons. The lowest BCUT2D eigenvalue weighted by molar-refractivity contribution is -0.139. The number of nitrogens with two attached hydrogens (primary N) is 1. The first-order chi connectivity index (χ1) is 12.2. The topological polar surface area (TPSA) is 84.7 Å². The molecule has 3 rings (SSSR count). The summed E-state index contributed by atoms with van der Waals surface area (Å²) in [5, 5.41) is 2.93. The van der Waals surface area contributed by atoms with Crippen LogP contribution in [0.3, 0.4) is 0 Å². The second-order valence-electron chi connectivity index (χ2n) is 6.84. The molecule has 2 amide bonds. The maximum Gasteiger partial charge on any atom is 0.249 e. The maximum atomic E-state index is 12.9. The number of rotatable bonds is 6. The number of hydrogen-bond acceptors (Lipinski definition) is 4. The largest absolute Gasteiger partial charge is 0.364 e. The second-order valence-corrected chi connectivity index (χ2v) is 6.84. The minimum atomic E-state index is -0.548. The Morgan fingerprint density at radius 2 is 1.92 bits per heavy atom. The summed E-state index contributed by atoms with van der Waals surface area (Å²) in [6.45, 7) is 1.97. The van der Waals surface area contributed by atoms with Crippen LogP contribution in [0, 0.1) is 0 Å². The number of likely N-dealkylation sites (tertiary alicyclic amines) is 1. The Bertz CT molecular complexity index is 587. The van der Waals surface area contributed by atoms with Crippen LogP contribution in [0.5, 0.6) is 0 Å². The van der Waals surface area contributed by atoms with E-state index in [4.69, 9.17) is 10.5 Å². The van der Waals surface area contributed by atoms with E-state index in [0.717, 1.165) is 37.9 Å². The molecule has 3 atom stereocenters. The molecule has 2 aliphatic rings. The molecule has 25 heavy (non-hydrogen) atoms. The van der Waals surface area contributed by atoms with Crippen LogP contribution < -0.4 is 11.1 Å². The molecule has 6 nitrogen and oxygen atoms in total. The van der Waals surface area contributed by atoms with E-state index in [1.54, 1.807) is 0 Å². The van der Waals surface area contributed by atoms with Crippen molar-refractivity contribution in [3.63, 3.8) is 0 Å².